The smallest absolute Gasteiger partial charge is 0.280 e. The minimum absolute atomic E-state index is 0.171. The predicted molar refractivity (Wildman–Crippen MR) is 96.3 cm³/mol. The molecule has 0 unspecified atom stereocenters. The molecule has 0 atom stereocenters. The monoisotopic (exact) mass is 356 g/mol. The lowest BCUT2D eigenvalue weighted by Crippen LogP contribution is -2.29. The third kappa shape index (κ3) is 4.06. The van der Waals surface area contributed by atoms with Gasteiger partial charge in [0.05, 0.1) is 17.8 Å². The highest BCUT2D eigenvalue weighted by Gasteiger charge is 2.22. The number of rotatable bonds is 5. The number of carbonyl (C=O) groups is 2. The number of nitrogens with zero attached hydrogens (tertiary/aromatic N) is 2. The van der Waals surface area contributed by atoms with Gasteiger partial charge in [-0.3, -0.25) is 9.59 Å². The maximum absolute atomic E-state index is 12.3. The molecule has 5 nitrogen and oxygen atoms in total. The molecule has 0 aromatic heterocycles. The van der Waals surface area contributed by atoms with Gasteiger partial charge in [-0.2, -0.15) is 5.10 Å². The maximum Gasteiger partial charge on any atom is 0.280 e. The van der Waals surface area contributed by atoms with Gasteiger partial charge < -0.3 is 4.74 Å². The van der Waals surface area contributed by atoms with Gasteiger partial charge in [0.2, 0.25) is 0 Å². The summed E-state index contributed by atoms with van der Waals surface area (Å²) in [6.45, 7) is 1.76. The first-order valence-corrected chi connectivity index (χ1v) is 8.29. The van der Waals surface area contributed by atoms with E-state index < -0.39 is 0 Å². The standard InChI is InChI=1S/C19H17ClN2O3/c1-13(23)16-11-15(20)7-8-18(16)25-12-19(24)22-10-9-17(21-22)14-5-3-2-4-6-14/h2-8,11H,9-10,12H2,1H3. The molecule has 128 valence electrons. The van der Waals surface area contributed by atoms with E-state index in [9.17, 15) is 9.59 Å². The van der Waals surface area contributed by atoms with Crippen molar-refractivity contribution in [3.63, 3.8) is 0 Å². The van der Waals surface area contributed by atoms with Crippen LogP contribution in [0, 0.1) is 0 Å². The van der Waals surface area contributed by atoms with Crippen molar-refractivity contribution in [1.82, 2.24) is 5.01 Å². The van der Waals surface area contributed by atoms with Crippen LogP contribution >= 0.6 is 11.6 Å². The number of carbonyl (C=O) groups excluding carboxylic acids is 2. The highest BCUT2D eigenvalue weighted by Crippen LogP contribution is 2.23. The van der Waals surface area contributed by atoms with Gasteiger partial charge in [0.15, 0.2) is 12.4 Å². The molecule has 3 rings (SSSR count). The molecular formula is C19H17ClN2O3. The molecule has 6 heteroatoms. The van der Waals surface area contributed by atoms with E-state index in [4.69, 9.17) is 16.3 Å². The Labute approximate surface area is 150 Å². The van der Waals surface area contributed by atoms with Gasteiger partial charge in [0.25, 0.3) is 5.91 Å². The molecule has 0 saturated carbocycles. The number of ketones is 1. The Morgan fingerprint density at radius 2 is 1.96 bits per heavy atom. The van der Waals surface area contributed by atoms with E-state index >= 15 is 0 Å². The summed E-state index contributed by atoms with van der Waals surface area (Å²) in [6, 6.07) is 14.5. The normalized spacial score (nSPS) is 13.5. The van der Waals surface area contributed by atoms with Gasteiger partial charge in [-0.15, -0.1) is 0 Å². The number of Topliss-reactive ketones (excluding diaryl/α,β-unsaturated/α-hetero) is 1. The third-order valence-corrected chi connectivity index (χ3v) is 4.10. The SMILES string of the molecule is CC(=O)c1cc(Cl)ccc1OCC(=O)N1CCC(c2ccccc2)=N1. The predicted octanol–water partition coefficient (Wildman–Crippen LogP) is 3.56. The summed E-state index contributed by atoms with van der Waals surface area (Å²) in [5, 5.41) is 6.23. The molecule has 2 aromatic carbocycles. The number of ether oxygens (including phenoxy) is 1. The zero-order valence-electron chi connectivity index (χ0n) is 13.7. The van der Waals surface area contributed by atoms with E-state index in [1.165, 1.54) is 18.0 Å². The molecule has 0 spiro atoms. The fourth-order valence-corrected chi connectivity index (χ4v) is 2.76. The second-order valence-corrected chi connectivity index (χ2v) is 6.10. The fourth-order valence-electron chi connectivity index (χ4n) is 2.59. The van der Waals surface area contributed by atoms with E-state index in [0.29, 0.717) is 29.3 Å². The molecule has 0 fully saturated rings. The van der Waals surface area contributed by atoms with Crippen LogP contribution in [0.25, 0.3) is 0 Å². The Morgan fingerprint density at radius 3 is 2.68 bits per heavy atom. The average Bonchev–Trinajstić information content (AvgIpc) is 3.11. The summed E-state index contributed by atoms with van der Waals surface area (Å²) in [5.74, 6) is -0.0809. The number of benzene rings is 2. The first-order chi connectivity index (χ1) is 12.0. The number of hydrazone groups is 1. The molecule has 1 heterocycles. The van der Waals surface area contributed by atoms with Gasteiger partial charge in [0.1, 0.15) is 5.75 Å². The summed E-state index contributed by atoms with van der Waals surface area (Å²) in [5.41, 5.74) is 2.25. The molecular weight excluding hydrogens is 340 g/mol. The quantitative estimate of drug-likeness (QED) is 0.770. The molecule has 1 amide bonds. The summed E-state index contributed by atoms with van der Waals surface area (Å²) < 4.78 is 5.53. The molecule has 0 N–H and O–H groups in total. The lowest BCUT2D eigenvalue weighted by Gasteiger charge is -2.14. The van der Waals surface area contributed by atoms with E-state index in [1.807, 2.05) is 30.3 Å². The van der Waals surface area contributed by atoms with E-state index in [0.717, 1.165) is 11.3 Å². The fraction of sp³-hybridized carbons (Fsp3) is 0.211. The lowest BCUT2D eigenvalue weighted by molar-refractivity contribution is -0.132. The van der Waals surface area contributed by atoms with Crippen molar-refractivity contribution in [2.24, 2.45) is 5.10 Å². The van der Waals surface area contributed by atoms with Crippen LogP contribution in [0.3, 0.4) is 0 Å². The van der Waals surface area contributed by atoms with Gasteiger partial charge in [0, 0.05) is 11.4 Å². The van der Waals surface area contributed by atoms with E-state index in [1.54, 1.807) is 12.1 Å². The van der Waals surface area contributed by atoms with Crippen LogP contribution in [0.1, 0.15) is 29.3 Å². The van der Waals surface area contributed by atoms with Crippen molar-refractivity contribution >= 4 is 29.0 Å². The molecule has 0 aliphatic carbocycles. The van der Waals surface area contributed by atoms with Crippen molar-refractivity contribution in [3.05, 3.63) is 64.7 Å². The van der Waals surface area contributed by atoms with Crippen LogP contribution in [-0.2, 0) is 4.79 Å². The van der Waals surface area contributed by atoms with Crippen LogP contribution in [0.2, 0.25) is 5.02 Å². The first kappa shape index (κ1) is 17.2. The van der Waals surface area contributed by atoms with Gasteiger partial charge in [-0.1, -0.05) is 41.9 Å². The van der Waals surface area contributed by atoms with E-state index in [-0.39, 0.29) is 18.3 Å². The van der Waals surface area contributed by atoms with Crippen molar-refractivity contribution in [1.29, 1.82) is 0 Å². The topological polar surface area (TPSA) is 59.0 Å². The number of amides is 1. The lowest BCUT2D eigenvalue weighted by atomic mass is 10.1. The Bertz CT molecular complexity index is 834. The van der Waals surface area contributed by atoms with Crippen molar-refractivity contribution in [3.8, 4) is 5.75 Å². The van der Waals surface area contributed by atoms with Crippen LogP contribution < -0.4 is 4.74 Å². The molecule has 25 heavy (non-hydrogen) atoms. The Morgan fingerprint density at radius 1 is 1.20 bits per heavy atom. The van der Waals surface area contributed by atoms with E-state index in [2.05, 4.69) is 5.10 Å². The van der Waals surface area contributed by atoms with Crippen molar-refractivity contribution in [2.75, 3.05) is 13.2 Å². The van der Waals surface area contributed by atoms with Crippen LogP contribution in [0.4, 0.5) is 0 Å². The number of hydrogen-bond donors (Lipinski definition) is 0. The molecule has 1 aliphatic heterocycles. The maximum atomic E-state index is 12.3. The molecule has 0 radical (unpaired) electrons. The van der Waals surface area contributed by atoms with Crippen molar-refractivity contribution in [2.45, 2.75) is 13.3 Å². The zero-order chi connectivity index (χ0) is 17.8. The molecule has 0 bridgehead atoms. The Hall–Kier alpha value is -2.66. The average molecular weight is 357 g/mol. The minimum Gasteiger partial charge on any atom is -0.483 e. The highest BCUT2D eigenvalue weighted by molar-refractivity contribution is 6.31. The van der Waals surface area contributed by atoms with Crippen LogP contribution in [-0.4, -0.2) is 35.6 Å². The van der Waals surface area contributed by atoms with Crippen LogP contribution in [0.5, 0.6) is 5.75 Å². The second-order valence-electron chi connectivity index (χ2n) is 5.66. The zero-order valence-corrected chi connectivity index (χ0v) is 14.5. The third-order valence-electron chi connectivity index (χ3n) is 3.87. The Balaban J connectivity index is 1.66. The molecule has 0 saturated heterocycles. The summed E-state index contributed by atoms with van der Waals surface area (Å²) >= 11 is 5.90. The minimum atomic E-state index is -0.254. The largest absolute Gasteiger partial charge is 0.483 e. The summed E-state index contributed by atoms with van der Waals surface area (Å²) in [4.78, 5) is 24.0. The van der Waals surface area contributed by atoms with Crippen LogP contribution in [0.15, 0.2) is 53.6 Å². The second kappa shape index (κ2) is 7.49. The summed E-state index contributed by atoms with van der Waals surface area (Å²) in [7, 11) is 0. The highest BCUT2D eigenvalue weighted by atomic mass is 35.5. The number of halogens is 1. The first-order valence-electron chi connectivity index (χ1n) is 7.91. The number of hydrogen-bond acceptors (Lipinski definition) is 4. The van der Waals surface area contributed by atoms with Crippen molar-refractivity contribution < 1.29 is 14.3 Å². The van der Waals surface area contributed by atoms with Gasteiger partial charge in [-0.05, 0) is 30.7 Å². The van der Waals surface area contributed by atoms with Gasteiger partial charge in [-0.25, -0.2) is 5.01 Å². The summed E-state index contributed by atoms with van der Waals surface area (Å²) in [6.07, 6.45) is 0.704. The molecule has 1 aliphatic rings. The molecule has 2 aromatic rings. The van der Waals surface area contributed by atoms with Gasteiger partial charge >= 0.3 is 0 Å². The Kier molecular flexibility index (Phi) is 5.14.